The largest absolute Gasteiger partial charge is 0.344 e. The molecule has 0 fully saturated rings. The van der Waals surface area contributed by atoms with Crippen molar-refractivity contribution in [2.75, 3.05) is 6.54 Å². The number of nitrogens with two attached hydrogens (primary N) is 1. The van der Waals surface area contributed by atoms with Crippen molar-refractivity contribution in [3.8, 4) is 0 Å². The molecule has 1 aromatic rings. The highest BCUT2D eigenvalue weighted by Gasteiger charge is 2.27. The van der Waals surface area contributed by atoms with E-state index in [9.17, 15) is 4.79 Å². The summed E-state index contributed by atoms with van der Waals surface area (Å²) in [6.45, 7) is 8.51. The maximum absolute atomic E-state index is 12.2. The van der Waals surface area contributed by atoms with Gasteiger partial charge in [-0.25, -0.2) is 0 Å². The molecule has 1 atom stereocenters. The van der Waals surface area contributed by atoms with E-state index in [0.717, 1.165) is 12.0 Å². The average Bonchev–Trinajstić information content (AvgIpc) is 2.28. The molecule has 0 aliphatic rings. The van der Waals surface area contributed by atoms with Crippen molar-refractivity contribution in [3.63, 3.8) is 0 Å². The summed E-state index contributed by atoms with van der Waals surface area (Å²) >= 11 is 0. The highest BCUT2D eigenvalue weighted by Crippen LogP contribution is 2.16. The van der Waals surface area contributed by atoms with E-state index in [1.54, 1.807) is 6.20 Å². The summed E-state index contributed by atoms with van der Waals surface area (Å²) in [6, 6.07) is 3.70. The van der Waals surface area contributed by atoms with Gasteiger partial charge in [0.25, 0.3) is 5.91 Å². The Labute approximate surface area is 109 Å². The first-order valence-corrected chi connectivity index (χ1v) is 6.32. The molecular formula is C14H23N3O. The van der Waals surface area contributed by atoms with Gasteiger partial charge in [0.1, 0.15) is 5.69 Å². The Morgan fingerprint density at radius 3 is 2.72 bits per heavy atom. The monoisotopic (exact) mass is 249 g/mol. The van der Waals surface area contributed by atoms with E-state index in [-0.39, 0.29) is 11.4 Å². The van der Waals surface area contributed by atoms with Crippen LogP contribution in [0.4, 0.5) is 0 Å². The van der Waals surface area contributed by atoms with Crippen LogP contribution in [0, 0.1) is 12.8 Å². The Hall–Kier alpha value is -1.42. The molecular weight excluding hydrogens is 226 g/mol. The summed E-state index contributed by atoms with van der Waals surface area (Å²) in [5.74, 6) is 0.324. The lowest BCUT2D eigenvalue weighted by Crippen LogP contribution is -2.52. The average molecular weight is 249 g/mol. The third-order valence-corrected chi connectivity index (χ3v) is 2.95. The fraction of sp³-hybridized carbons (Fsp3) is 0.571. The van der Waals surface area contributed by atoms with E-state index < -0.39 is 0 Å². The fourth-order valence-electron chi connectivity index (χ4n) is 2.14. The molecule has 1 aromatic heterocycles. The van der Waals surface area contributed by atoms with E-state index in [1.165, 1.54) is 0 Å². The van der Waals surface area contributed by atoms with Gasteiger partial charge in [0.2, 0.25) is 0 Å². The van der Waals surface area contributed by atoms with Gasteiger partial charge in [-0.3, -0.25) is 9.78 Å². The molecule has 0 saturated heterocycles. The first kappa shape index (κ1) is 14.6. The van der Waals surface area contributed by atoms with Crippen LogP contribution in [0.25, 0.3) is 0 Å². The number of pyridine rings is 1. The second-order valence-corrected chi connectivity index (χ2v) is 5.49. The number of rotatable bonds is 5. The Morgan fingerprint density at radius 2 is 2.22 bits per heavy atom. The first-order valence-electron chi connectivity index (χ1n) is 6.32. The summed E-state index contributed by atoms with van der Waals surface area (Å²) in [7, 11) is 0. The van der Waals surface area contributed by atoms with Gasteiger partial charge < -0.3 is 11.1 Å². The lowest BCUT2D eigenvalue weighted by atomic mass is 9.90. The van der Waals surface area contributed by atoms with Gasteiger partial charge in [-0.05, 0) is 37.8 Å². The van der Waals surface area contributed by atoms with E-state index in [4.69, 9.17) is 5.73 Å². The number of aromatic nitrogens is 1. The molecule has 1 rings (SSSR count). The standard InChI is InChI=1S/C14H23N3O/c1-10(2)8-14(4,9-15)17-13(18)12-11(3)6-5-7-16-12/h5-7,10H,8-9,15H2,1-4H3,(H,17,18). The second-order valence-electron chi connectivity index (χ2n) is 5.49. The molecule has 4 heteroatoms. The Bertz CT molecular complexity index is 417. The van der Waals surface area contributed by atoms with Gasteiger partial charge in [-0.2, -0.15) is 0 Å². The number of nitrogens with zero attached hydrogens (tertiary/aromatic N) is 1. The normalized spacial score (nSPS) is 14.3. The maximum Gasteiger partial charge on any atom is 0.270 e. The Balaban J connectivity index is 2.83. The van der Waals surface area contributed by atoms with Crippen molar-refractivity contribution in [2.24, 2.45) is 11.7 Å². The Morgan fingerprint density at radius 1 is 1.56 bits per heavy atom. The van der Waals surface area contributed by atoms with E-state index >= 15 is 0 Å². The van der Waals surface area contributed by atoms with Crippen molar-refractivity contribution >= 4 is 5.91 Å². The molecule has 1 unspecified atom stereocenters. The summed E-state index contributed by atoms with van der Waals surface area (Å²) in [5.41, 5.74) is 6.75. The molecule has 18 heavy (non-hydrogen) atoms. The van der Waals surface area contributed by atoms with Gasteiger partial charge >= 0.3 is 0 Å². The number of nitrogens with one attached hydrogen (secondary N) is 1. The maximum atomic E-state index is 12.2. The van der Waals surface area contributed by atoms with Crippen LogP contribution in [-0.4, -0.2) is 23.0 Å². The van der Waals surface area contributed by atoms with Crippen LogP contribution < -0.4 is 11.1 Å². The minimum atomic E-state index is -0.380. The number of hydrogen-bond donors (Lipinski definition) is 2. The van der Waals surface area contributed by atoms with Crippen molar-refractivity contribution in [1.29, 1.82) is 0 Å². The van der Waals surface area contributed by atoms with Gasteiger partial charge in [0.15, 0.2) is 0 Å². The highest BCUT2D eigenvalue weighted by molar-refractivity contribution is 5.94. The SMILES string of the molecule is Cc1cccnc1C(=O)NC(C)(CN)CC(C)C. The van der Waals surface area contributed by atoms with Crippen molar-refractivity contribution in [1.82, 2.24) is 10.3 Å². The molecule has 0 bridgehead atoms. The molecule has 0 aliphatic heterocycles. The van der Waals surface area contributed by atoms with Crippen LogP contribution in [0.2, 0.25) is 0 Å². The molecule has 0 spiro atoms. The molecule has 0 saturated carbocycles. The van der Waals surface area contributed by atoms with E-state index in [1.807, 2.05) is 26.0 Å². The van der Waals surface area contributed by atoms with Crippen molar-refractivity contribution < 1.29 is 4.79 Å². The minimum Gasteiger partial charge on any atom is -0.344 e. The fourth-order valence-corrected chi connectivity index (χ4v) is 2.14. The highest BCUT2D eigenvalue weighted by atomic mass is 16.2. The first-order chi connectivity index (χ1) is 8.38. The van der Waals surface area contributed by atoms with Crippen LogP contribution in [0.15, 0.2) is 18.3 Å². The predicted octanol–water partition coefficient (Wildman–Crippen LogP) is 1.88. The molecule has 1 amide bonds. The third-order valence-electron chi connectivity index (χ3n) is 2.95. The number of hydrogen-bond acceptors (Lipinski definition) is 3. The number of amides is 1. The van der Waals surface area contributed by atoms with Gasteiger partial charge in [-0.1, -0.05) is 19.9 Å². The van der Waals surface area contributed by atoms with Crippen LogP contribution in [-0.2, 0) is 0 Å². The van der Waals surface area contributed by atoms with Crippen LogP contribution in [0.1, 0.15) is 43.2 Å². The molecule has 0 aromatic carbocycles. The summed E-state index contributed by atoms with van der Waals surface area (Å²) in [6.07, 6.45) is 2.48. The summed E-state index contributed by atoms with van der Waals surface area (Å²) in [4.78, 5) is 16.3. The lowest BCUT2D eigenvalue weighted by molar-refractivity contribution is 0.0892. The minimum absolute atomic E-state index is 0.151. The molecule has 0 aliphatic carbocycles. The zero-order valence-corrected chi connectivity index (χ0v) is 11.7. The number of carbonyl (C=O) groups excluding carboxylic acids is 1. The topological polar surface area (TPSA) is 68.0 Å². The summed E-state index contributed by atoms with van der Waals surface area (Å²) in [5, 5.41) is 3.01. The van der Waals surface area contributed by atoms with E-state index in [2.05, 4.69) is 24.1 Å². The molecule has 1 heterocycles. The van der Waals surface area contributed by atoms with Crippen LogP contribution in [0.5, 0.6) is 0 Å². The van der Waals surface area contributed by atoms with Gasteiger partial charge in [0.05, 0.1) is 5.54 Å². The zero-order valence-electron chi connectivity index (χ0n) is 11.7. The molecule has 4 nitrogen and oxygen atoms in total. The smallest absolute Gasteiger partial charge is 0.270 e. The quantitative estimate of drug-likeness (QED) is 0.837. The Kier molecular flexibility index (Phi) is 4.84. The summed E-state index contributed by atoms with van der Waals surface area (Å²) < 4.78 is 0. The molecule has 3 N–H and O–H groups in total. The number of carbonyl (C=O) groups is 1. The molecule has 100 valence electrons. The number of aryl methyl sites for hydroxylation is 1. The van der Waals surface area contributed by atoms with Crippen LogP contribution >= 0.6 is 0 Å². The van der Waals surface area contributed by atoms with E-state index in [0.29, 0.717) is 18.2 Å². The van der Waals surface area contributed by atoms with Crippen molar-refractivity contribution in [2.45, 2.75) is 39.7 Å². The zero-order chi connectivity index (χ0) is 13.8. The second kappa shape index (κ2) is 5.96. The van der Waals surface area contributed by atoms with Crippen LogP contribution in [0.3, 0.4) is 0 Å². The van der Waals surface area contributed by atoms with Gasteiger partial charge in [-0.15, -0.1) is 0 Å². The molecule has 0 radical (unpaired) electrons. The van der Waals surface area contributed by atoms with Crippen molar-refractivity contribution in [3.05, 3.63) is 29.6 Å². The lowest BCUT2D eigenvalue weighted by Gasteiger charge is -2.31. The predicted molar refractivity (Wildman–Crippen MR) is 73.4 cm³/mol. The third kappa shape index (κ3) is 3.81. The van der Waals surface area contributed by atoms with Gasteiger partial charge in [0, 0.05) is 12.7 Å².